The number of nitrogen functional groups attached to an aromatic ring is 1. The molecule has 0 atom stereocenters. The number of ether oxygens (including phenoxy) is 2. The predicted molar refractivity (Wildman–Crippen MR) is 64.9 cm³/mol. The van der Waals surface area contributed by atoms with E-state index in [1.54, 1.807) is 0 Å². The van der Waals surface area contributed by atoms with E-state index >= 15 is 0 Å². The molecule has 0 aromatic heterocycles. The molecule has 0 aliphatic heterocycles. The van der Waals surface area contributed by atoms with E-state index in [2.05, 4.69) is 4.74 Å². The first-order valence-electron chi connectivity index (χ1n) is 5.38. The molecule has 1 amide bonds. The van der Waals surface area contributed by atoms with Crippen LogP contribution in [0.15, 0.2) is 12.1 Å². The first-order chi connectivity index (χ1) is 9.25. The summed E-state index contributed by atoms with van der Waals surface area (Å²) < 4.78 is 48.1. The molecule has 1 aromatic rings. The van der Waals surface area contributed by atoms with Crippen LogP contribution < -0.4 is 15.8 Å². The number of anilines is 2. The zero-order chi connectivity index (χ0) is 15.3. The molecular formula is C11H13F3N2O4. The SMILES string of the molecule is COCCOc1cc(NC(=O)O)c(N)cc1C(F)(F)F. The van der Waals surface area contributed by atoms with Crippen molar-refractivity contribution in [2.75, 3.05) is 31.4 Å². The third-order valence-electron chi connectivity index (χ3n) is 2.24. The van der Waals surface area contributed by atoms with Crippen molar-refractivity contribution >= 4 is 17.5 Å². The molecule has 0 aliphatic rings. The highest BCUT2D eigenvalue weighted by molar-refractivity contribution is 5.88. The summed E-state index contributed by atoms with van der Waals surface area (Å²) >= 11 is 0. The molecule has 0 bridgehead atoms. The van der Waals surface area contributed by atoms with E-state index in [-0.39, 0.29) is 24.6 Å². The minimum atomic E-state index is -4.67. The zero-order valence-electron chi connectivity index (χ0n) is 10.5. The van der Waals surface area contributed by atoms with Crippen LogP contribution in [0.4, 0.5) is 29.3 Å². The lowest BCUT2D eigenvalue weighted by Gasteiger charge is -2.16. The van der Waals surface area contributed by atoms with Crippen molar-refractivity contribution in [3.8, 4) is 5.75 Å². The second-order valence-electron chi connectivity index (χ2n) is 3.70. The topological polar surface area (TPSA) is 93.8 Å². The lowest BCUT2D eigenvalue weighted by molar-refractivity contribution is -0.139. The van der Waals surface area contributed by atoms with Gasteiger partial charge in [0.1, 0.15) is 12.4 Å². The van der Waals surface area contributed by atoms with E-state index in [4.69, 9.17) is 15.6 Å². The Balaban J connectivity index is 3.16. The molecule has 112 valence electrons. The summed E-state index contributed by atoms with van der Waals surface area (Å²) in [7, 11) is 1.37. The molecule has 0 unspecified atom stereocenters. The number of methoxy groups -OCH3 is 1. The number of hydrogen-bond acceptors (Lipinski definition) is 4. The summed E-state index contributed by atoms with van der Waals surface area (Å²) in [6, 6.07) is 1.51. The molecule has 9 heteroatoms. The molecule has 20 heavy (non-hydrogen) atoms. The second-order valence-corrected chi connectivity index (χ2v) is 3.70. The van der Waals surface area contributed by atoms with Gasteiger partial charge >= 0.3 is 12.3 Å². The van der Waals surface area contributed by atoms with Gasteiger partial charge in [0.25, 0.3) is 0 Å². The fraction of sp³-hybridized carbons (Fsp3) is 0.364. The first kappa shape index (κ1) is 15.9. The average Bonchev–Trinajstić information content (AvgIpc) is 2.31. The third-order valence-corrected chi connectivity index (χ3v) is 2.24. The Hall–Kier alpha value is -2.16. The van der Waals surface area contributed by atoms with E-state index in [0.29, 0.717) is 6.07 Å². The van der Waals surface area contributed by atoms with E-state index in [1.807, 2.05) is 5.32 Å². The van der Waals surface area contributed by atoms with Crippen molar-refractivity contribution < 1.29 is 32.5 Å². The van der Waals surface area contributed by atoms with Crippen LogP contribution in [-0.2, 0) is 10.9 Å². The Labute approximate surface area is 112 Å². The van der Waals surface area contributed by atoms with Gasteiger partial charge in [-0.05, 0) is 6.07 Å². The van der Waals surface area contributed by atoms with Gasteiger partial charge < -0.3 is 20.3 Å². The maximum Gasteiger partial charge on any atom is 0.420 e. The van der Waals surface area contributed by atoms with Crippen LogP contribution in [0.3, 0.4) is 0 Å². The van der Waals surface area contributed by atoms with Crippen molar-refractivity contribution in [3.63, 3.8) is 0 Å². The summed E-state index contributed by atoms with van der Waals surface area (Å²) in [5.41, 5.74) is 3.77. The Kier molecular flexibility index (Phi) is 5.03. The van der Waals surface area contributed by atoms with Crippen LogP contribution in [0.1, 0.15) is 5.56 Å². The Bertz CT molecular complexity index is 491. The predicted octanol–water partition coefficient (Wildman–Crippen LogP) is 2.40. The van der Waals surface area contributed by atoms with Gasteiger partial charge in [-0.25, -0.2) is 4.79 Å². The number of rotatable bonds is 5. The number of alkyl halides is 3. The first-order valence-corrected chi connectivity index (χ1v) is 5.38. The van der Waals surface area contributed by atoms with Gasteiger partial charge in [0.2, 0.25) is 0 Å². The van der Waals surface area contributed by atoms with Gasteiger partial charge in [0.05, 0.1) is 23.5 Å². The number of carbonyl (C=O) groups is 1. The minimum absolute atomic E-state index is 0.0867. The molecule has 0 heterocycles. The molecule has 1 aromatic carbocycles. The Morgan fingerprint density at radius 3 is 2.55 bits per heavy atom. The number of halogens is 3. The molecule has 6 nitrogen and oxygen atoms in total. The highest BCUT2D eigenvalue weighted by Crippen LogP contribution is 2.40. The number of amides is 1. The molecule has 1 rings (SSSR count). The van der Waals surface area contributed by atoms with Crippen LogP contribution in [0, 0.1) is 0 Å². The number of nitrogens with two attached hydrogens (primary N) is 1. The van der Waals surface area contributed by atoms with Crippen molar-refractivity contribution in [3.05, 3.63) is 17.7 Å². The summed E-state index contributed by atoms with van der Waals surface area (Å²) in [4.78, 5) is 10.5. The van der Waals surface area contributed by atoms with Crippen LogP contribution >= 0.6 is 0 Å². The van der Waals surface area contributed by atoms with E-state index in [9.17, 15) is 18.0 Å². The number of hydrogen-bond donors (Lipinski definition) is 3. The fourth-order valence-electron chi connectivity index (χ4n) is 1.40. The lowest BCUT2D eigenvalue weighted by atomic mass is 10.1. The monoisotopic (exact) mass is 294 g/mol. The molecule has 0 aliphatic carbocycles. The maximum atomic E-state index is 12.8. The number of nitrogens with one attached hydrogen (secondary N) is 1. The maximum absolute atomic E-state index is 12.8. The van der Waals surface area contributed by atoms with Crippen LogP contribution in [-0.4, -0.2) is 31.5 Å². The molecule has 0 fully saturated rings. The number of benzene rings is 1. The Morgan fingerprint density at radius 1 is 1.40 bits per heavy atom. The summed E-state index contributed by atoms with van der Waals surface area (Å²) in [6.07, 6.45) is -6.11. The fourth-order valence-corrected chi connectivity index (χ4v) is 1.40. The minimum Gasteiger partial charge on any atom is -0.490 e. The zero-order valence-corrected chi connectivity index (χ0v) is 10.5. The lowest BCUT2D eigenvalue weighted by Crippen LogP contribution is -2.15. The van der Waals surface area contributed by atoms with E-state index in [0.717, 1.165) is 6.07 Å². The smallest absolute Gasteiger partial charge is 0.420 e. The highest BCUT2D eigenvalue weighted by atomic mass is 19.4. The second kappa shape index (κ2) is 6.33. The molecular weight excluding hydrogens is 281 g/mol. The quantitative estimate of drug-likeness (QED) is 0.572. The van der Waals surface area contributed by atoms with Gasteiger partial charge in [0, 0.05) is 13.2 Å². The van der Waals surface area contributed by atoms with Crippen LogP contribution in [0.25, 0.3) is 0 Å². The van der Waals surface area contributed by atoms with E-state index in [1.165, 1.54) is 7.11 Å². The van der Waals surface area contributed by atoms with E-state index < -0.39 is 23.6 Å². The standard InChI is InChI=1S/C11H13F3N2O4/c1-19-2-3-20-9-5-8(16-10(17)18)7(15)4-6(9)11(12,13)14/h4-5,16H,2-3,15H2,1H3,(H,17,18). The average molecular weight is 294 g/mol. The molecule has 0 saturated heterocycles. The summed E-state index contributed by atoms with van der Waals surface area (Å²) in [6.45, 7) is -0.0284. The normalized spacial score (nSPS) is 11.2. The largest absolute Gasteiger partial charge is 0.490 e. The summed E-state index contributed by atoms with van der Waals surface area (Å²) in [5.74, 6) is -0.521. The molecule has 4 N–H and O–H groups in total. The number of carboxylic acid groups (broad SMARTS) is 1. The highest BCUT2D eigenvalue weighted by Gasteiger charge is 2.35. The van der Waals surface area contributed by atoms with Crippen molar-refractivity contribution in [1.82, 2.24) is 0 Å². The van der Waals surface area contributed by atoms with Gasteiger partial charge in [-0.3, -0.25) is 5.32 Å². The van der Waals surface area contributed by atoms with Gasteiger partial charge in [-0.1, -0.05) is 0 Å². The summed E-state index contributed by atoms with van der Waals surface area (Å²) in [5, 5.41) is 10.5. The Morgan fingerprint density at radius 2 is 2.05 bits per heavy atom. The van der Waals surface area contributed by atoms with Crippen molar-refractivity contribution in [2.24, 2.45) is 0 Å². The van der Waals surface area contributed by atoms with Crippen LogP contribution in [0.2, 0.25) is 0 Å². The van der Waals surface area contributed by atoms with Crippen molar-refractivity contribution in [1.29, 1.82) is 0 Å². The van der Waals surface area contributed by atoms with Gasteiger partial charge in [-0.15, -0.1) is 0 Å². The molecule has 0 radical (unpaired) electrons. The van der Waals surface area contributed by atoms with Crippen molar-refractivity contribution in [2.45, 2.75) is 6.18 Å². The van der Waals surface area contributed by atoms with Crippen LogP contribution in [0.5, 0.6) is 5.75 Å². The molecule has 0 saturated carbocycles. The van der Waals surface area contributed by atoms with Gasteiger partial charge in [0.15, 0.2) is 0 Å². The molecule has 0 spiro atoms. The third kappa shape index (κ3) is 4.19. The van der Waals surface area contributed by atoms with Gasteiger partial charge in [-0.2, -0.15) is 13.2 Å².